The molecule has 1 aliphatic heterocycles. The van der Waals surface area contributed by atoms with Gasteiger partial charge in [-0.2, -0.15) is 0 Å². The van der Waals surface area contributed by atoms with Crippen LogP contribution in [0.1, 0.15) is 80.1 Å². The molecule has 0 amide bonds. The van der Waals surface area contributed by atoms with Gasteiger partial charge in [-0.05, 0) is 61.2 Å². The number of hydrogen-bond acceptors (Lipinski definition) is 1. The molecule has 25 heavy (non-hydrogen) atoms. The summed E-state index contributed by atoms with van der Waals surface area (Å²) in [6, 6.07) is 1.57. The standard InChI is InChI=1S/C23H39N2/c1-20(2)16-7-9-22(20,5)18(13-16)24-11-12-25(15-24)19-14-17-8-10-23(19,6)21(17,3)4/h15-19H,7-14H2,1-6H3/q+1/t16-,17-,18?,19?,22+,23+/m1/s1. The zero-order valence-electron chi connectivity index (χ0n) is 17.4. The third-order valence-corrected chi connectivity index (χ3v) is 11.2. The average molecular weight is 344 g/mol. The summed E-state index contributed by atoms with van der Waals surface area (Å²) in [7, 11) is 0. The van der Waals surface area contributed by atoms with Gasteiger partial charge in [-0.1, -0.05) is 41.5 Å². The fourth-order valence-corrected chi connectivity index (χ4v) is 8.34. The lowest BCUT2D eigenvalue weighted by molar-refractivity contribution is -0.571. The van der Waals surface area contributed by atoms with Crippen molar-refractivity contribution in [1.82, 2.24) is 4.90 Å². The van der Waals surface area contributed by atoms with Crippen LogP contribution < -0.4 is 0 Å². The summed E-state index contributed by atoms with van der Waals surface area (Å²) in [5.74, 6) is 1.90. The molecule has 2 heteroatoms. The van der Waals surface area contributed by atoms with E-state index in [4.69, 9.17) is 0 Å². The Morgan fingerprint density at radius 3 is 1.92 bits per heavy atom. The van der Waals surface area contributed by atoms with Gasteiger partial charge in [0.05, 0.1) is 0 Å². The van der Waals surface area contributed by atoms with Crippen LogP contribution in [-0.4, -0.2) is 41.0 Å². The van der Waals surface area contributed by atoms with E-state index in [0.29, 0.717) is 21.7 Å². The average Bonchev–Trinajstić information content (AvgIpc) is 3.25. The first-order chi connectivity index (χ1) is 11.6. The Kier molecular flexibility index (Phi) is 3.09. The van der Waals surface area contributed by atoms with Gasteiger partial charge in [-0.15, -0.1) is 0 Å². The van der Waals surface area contributed by atoms with Crippen LogP contribution in [0, 0.1) is 33.5 Å². The normalized spacial score (nSPS) is 52.2. The molecule has 6 atom stereocenters. The van der Waals surface area contributed by atoms with Crippen molar-refractivity contribution in [2.75, 3.05) is 13.1 Å². The number of rotatable bonds is 2. The molecule has 1 heterocycles. The van der Waals surface area contributed by atoms with Gasteiger partial charge in [0.25, 0.3) is 0 Å². The molecule has 5 aliphatic rings. The first-order valence-corrected chi connectivity index (χ1v) is 11.0. The number of hydrogen-bond donors (Lipinski definition) is 0. The van der Waals surface area contributed by atoms with Gasteiger partial charge >= 0.3 is 0 Å². The molecule has 4 bridgehead atoms. The van der Waals surface area contributed by atoms with E-state index in [-0.39, 0.29) is 0 Å². The summed E-state index contributed by atoms with van der Waals surface area (Å²) in [6.07, 6.45) is 11.3. The maximum absolute atomic E-state index is 2.78. The minimum atomic E-state index is 0.516. The molecule has 0 N–H and O–H groups in total. The lowest BCUT2D eigenvalue weighted by Crippen LogP contribution is -2.46. The molecule has 0 aromatic heterocycles. The maximum atomic E-state index is 2.78. The topological polar surface area (TPSA) is 6.25 Å². The van der Waals surface area contributed by atoms with Crippen molar-refractivity contribution < 1.29 is 4.58 Å². The predicted molar refractivity (Wildman–Crippen MR) is 104 cm³/mol. The van der Waals surface area contributed by atoms with Gasteiger partial charge in [-0.3, -0.25) is 9.48 Å². The molecule has 2 nitrogen and oxygen atoms in total. The molecule has 0 radical (unpaired) electrons. The summed E-state index contributed by atoms with van der Waals surface area (Å²) in [6.45, 7) is 17.9. The van der Waals surface area contributed by atoms with E-state index < -0.39 is 0 Å². The summed E-state index contributed by atoms with van der Waals surface area (Å²) < 4.78 is 2.78. The van der Waals surface area contributed by atoms with E-state index >= 15 is 0 Å². The van der Waals surface area contributed by atoms with Gasteiger partial charge in [0.2, 0.25) is 6.34 Å². The summed E-state index contributed by atoms with van der Waals surface area (Å²) in [5.41, 5.74) is 2.09. The largest absolute Gasteiger partial charge is 0.261 e. The highest BCUT2D eigenvalue weighted by molar-refractivity contribution is 5.52. The molecule has 0 aromatic carbocycles. The maximum Gasteiger partial charge on any atom is 0.234 e. The summed E-state index contributed by atoms with van der Waals surface area (Å²) >= 11 is 0. The second kappa shape index (κ2) is 4.65. The van der Waals surface area contributed by atoms with E-state index in [9.17, 15) is 0 Å². The third kappa shape index (κ3) is 1.76. The molecule has 4 saturated carbocycles. The zero-order valence-corrected chi connectivity index (χ0v) is 17.4. The van der Waals surface area contributed by atoms with Crippen LogP contribution in [0.3, 0.4) is 0 Å². The Balaban J connectivity index is 1.41. The monoisotopic (exact) mass is 343 g/mol. The van der Waals surface area contributed by atoms with Gasteiger partial charge in [0.1, 0.15) is 25.2 Å². The lowest BCUT2D eigenvalue weighted by Gasteiger charge is -2.39. The van der Waals surface area contributed by atoms with E-state index in [2.05, 4.69) is 57.4 Å². The summed E-state index contributed by atoms with van der Waals surface area (Å²) in [5, 5.41) is 0. The minimum Gasteiger partial charge on any atom is -0.261 e. The number of nitrogens with zero attached hydrogens (tertiary/aromatic N) is 2. The van der Waals surface area contributed by atoms with Gasteiger partial charge in [0, 0.05) is 10.8 Å². The highest BCUT2D eigenvalue weighted by Gasteiger charge is 2.66. The van der Waals surface area contributed by atoms with Crippen molar-refractivity contribution in [3.05, 3.63) is 0 Å². The molecule has 0 spiro atoms. The molecule has 2 unspecified atom stereocenters. The minimum absolute atomic E-state index is 0.516. The first kappa shape index (κ1) is 16.6. The van der Waals surface area contributed by atoms with Crippen LogP contribution in [-0.2, 0) is 0 Å². The van der Waals surface area contributed by atoms with Crippen LogP contribution in [0.5, 0.6) is 0 Å². The molecule has 5 rings (SSSR count). The van der Waals surface area contributed by atoms with Crippen molar-refractivity contribution in [2.24, 2.45) is 33.5 Å². The van der Waals surface area contributed by atoms with Gasteiger partial charge < -0.3 is 0 Å². The second-order valence-corrected chi connectivity index (χ2v) is 11.8. The SMILES string of the molecule is CC1(C)[C@@H]2CC[C@@]1(C)C(N1C=[N+](C3C[C@H]4CC[C@]3(C)C4(C)C)CC1)C2. The van der Waals surface area contributed by atoms with E-state index in [1.807, 2.05) is 0 Å². The second-order valence-electron chi connectivity index (χ2n) is 11.8. The van der Waals surface area contributed by atoms with Gasteiger partial charge in [0.15, 0.2) is 0 Å². The molecule has 4 aliphatic carbocycles. The van der Waals surface area contributed by atoms with Crippen molar-refractivity contribution in [3.8, 4) is 0 Å². The highest BCUT2D eigenvalue weighted by atomic mass is 15.3. The molecular formula is C23H39N2+. The molecular weight excluding hydrogens is 304 g/mol. The Morgan fingerprint density at radius 2 is 1.44 bits per heavy atom. The first-order valence-electron chi connectivity index (χ1n) is 11.0. The highest BCUT2D eigenvalue weighted by Crippen LogP contribution is 2.68. The van der Waals surface area contributed by atoms with Crippen molar-refractivity contribution in [1.29, 1.82) is 0 Å². The zero-order chi connectivity index (χ0) is 17.8. The quantitative estimate of drug-likeness (QED) is 0.654. The van der Waals surface area contributed by atoms with Crippen LogP contribution in [0.4, 0.5) is 0 Å². The van der Waals surface area contributed by atoms with Gasteiger partial charge in [-0.25, -0.2) is 0 Å². The Morgan fingerprint density at radius 1 is 0.840 bits per heavy atom. The predicted octanol–water partition coefficient (Wildman–Crippen LogP) is 4.77. The van der Waals surface area contributed by atoms with Crippen LogP contribution in [0.15, 0.2) is 0 Å². The van der Waals surface area contributed by atoms with Crippen LogP contribution >= 0.6 is 0 Å². The van der Waals surface area contributed by atoms with Crippen LogP contribution in [0.2, 0.25) is 0 Å². The molecule has 0 aromatic rings. The number of fused-ring (bicyclic) bond motifs is 4. The summed E-state index contributed by atoms with van der Waals surface area (Å²) in [4.78, 5) is 2.78. The molecule has 4 fully saturated rings. The van der Waals surface area contributed by atoms with Crippen LogP contribution in [0.25, 0.3) is 0 Å². The Labute approximate surface area is 155 Å². The van der Waals surface area contributed by atoms with E-state index in [0.717, 1.165) is 23.9 Å². The van der Waals surface area contributed by atoms with Crippen molar-refractivity contribution in [2.45, 2.75) is 92.2 Å². The smallest absolute Gasteiger partial charge is 0.234 e. The Hall–Kier alpha value is -0.530. The third-order valence-electron chi connectivity index (χ3n) is 11.2. The fraction of sp³-hybridized carbons (Fsp3) is 0.957. The molecule has 140 valence electrons. The van der Waals surface area contributed by atoms with Crippen molar-refractivity contribution in [3.63, 3.8) is 0 Å². The lowest BCUT2D eigenvalue weighted by atomic mass is 9.69. The van der Waals surface area contributed by atoms with E-state index in [1.165, 1.54) is 51.6 Å². The van der Waals surface area contributed by atoms with E-state index in [1.54, 1.807) is 0 Å². The fourth-order valence-electron chi connectivity index (χ4n) is 8.34. The van der Waals surface area contributed by atoms with Crippen molar-refractivity contribution >= 4 is 6.34 Å². The molecule has 0 saturated heterocycles. The Bertz CT molecular complexity index is 632.